The predicted molar refractivity (Wildman–Crippen MR) is 73.6 cm³/mol. The van der Waals surface area contributed by atoms with Gasteiger partial charge in [-0.15, -0.1) is 0 Å². The molecule has 4 heteroatoms. The number of hydrogen-bond donors (Lipinski definition) is 1. The van der Waals surface area contributed by atoms with Gasteiger partial charge in [0.15, 0.2) is 6.10 Å². The van der Waals surface area contributed by atoms with E-state index in [-0.39, 0.29) is 12.7 Å². The molecule has 0 saturated carbocycles. The Morgan fingerprint density at radius 3 is 2.74 bits per heavy atom. The zero-order valence-electron chi connectivity index (χ0n) is 10.7. The van der Waals surface area contributed by atoms with Crippen LogP contribution in [0.2, 0.25) is 0 Å². The molecule has 0 saturated heterocycles. The lowest BCUT2D eigenvalue weighted by Gasteiger charge is -2.09. The van der Waals surface area contributed by atoms with Gasteiger partial charge in [0.1, 0.15) is 5.75 Å². The van der Waals surface area contributed by atoms with Crippen LogP contribution in [0.15, 0.2) is 41.6 Å². The number of ether oxygens (including phenoxy) is 1. The molecule has 0 bridgehead atoms. The lowest BCUT2D eigenvalue weighted by Crippen LogP contribution is -2.13. The first kappa shape index (κ1) is 12.0. The van der Waals surface area contributed by atoms with Crippen molar-refractivity contribution in [3.63, 3.8) is 0 Å². The van der Waals surface area contributed by atoms with Gasteiger partial charge in [-0.1, -0.05) is 29.4 Å². The first-order valence-electron chi connectivity index (χ1n) is 6.23. The summed E-state index contributed by atoms with van der Waals surface area (Å²) in [6, 6.07) is 12.0. The molecule has 1 atom stereocenters. The van der Waals surface area contributed by atoms with Crippen LogP contribution >= 0.6 is 0 Å². The van der Waals surface area contributed by atoms with E-state index in [1.54, 1.807) is 7.11 Å². The molecule has 1 N–H and O–H groups in total. The normalized spacial score (nSPS) is 18.2. The standard InChI is InChI=1S/C15H15NO3/c1-18-15-7-6-12(11-4-2-3-5-13(11)15)14-8-10(9-17)19-16-14/h2-7,10,17H,8-9H2,1H3. The van der Waals surface area contributed by atoms with Crippen LogP contribution in [0.3, 0.4) is 0 Å². The molecule has 1 aliphatic heterocycles. The van der Waals surface area contributed by atoms with Crippen LogP contribution in [0.4, 0.5) is 0 Å². The van der Waals surface area contributed by atoms with Crippen LogP contribution in [0.25, 0.3) is 10.8 Å². The highest BCUT2D eigenvalue weighted by Gasteiger charge is 2.22. The Kier molecular flexibility index (Phi) is 3.09. The van der Waals surface area contributed by atoms with Crippen LogP contribution in [-0.2, 0) is 4.84 Å². The topological polar surface area (TPSA) is 51.0 Å². The number of benzene rings is 2. The number of aliphatic hydroxyl groups is 1. The molecule has 0 fully saturated rings. The zero-order chi connectivity index (χ0) is 13.2. The van der Waals surface area contributed by atoms with Crippen LogP contribution in [-0.4, -0.2) is 30.6 Å². The molecule has 0 aliphatic carbocycles. The van der Waals surface area contributed by atoms with Gasteiger partial charge in [0.05, 0.1) is 19.4 Å². The molecule has 3 rings (SSSR count). The highest BCUT2D eigenvalue weighted by atomic mass is 16.6. The van der Waals surface area contributed by atoms with E-state index in [1.807, 2.05) is 36.4 Å². The van der Waals surface area contributed by atoms with Crippen LogP contribution in [0.1, 0.15) is 12.0 Å². The minimum Gasteiger partial charge on any atom is -0.496 e. The van der Waals surface area contributed by atoms with Gasteiger partial charge < -0.3 is 14.7 Å². The van der Waals surface area contributed by atoms with Crippen molar-refractivity contribution >= 4 is 16.5 Å². The van der Waals surface area contributed by atoms with Gasteiger partial charge in [-0.25, -0.2) is 0 Å². The predicted octanol–water partition coefficient (Wildman–Crippen LogP) is 2.33. The van der Waals surface area contributed by atoms with Crippen molar-refractivity contribution in [1.29, 1.82) is 0 Å². The summed E-state index contributed by atoms with van der Waals surface area (Å²) in [5.41, 5.74) is 1.91. The number of methoxy groups -OCH3 is 1. The van der Waals surface area contributed by atoms with E-state index in [1.165, 1.54) is 0 Å². The molecular weight excluding hydrogens is 242 g/mol. The van der Waals surface area contributed by atoms with E-state index < -0.39 is 0 Å². The summed E-state index contributed by atoms with van der Waals surface area (Å²) in [6.07, 6.45) is 0.406. The number of nitrogens with zero attached hydrogens (tertiary/aromatic N) is 1. The monoisotopic (exact) mass is 257 g/mol. The van der Waals surface area contributed by atoms with Gasteiger partial charge in [0.2, 0.25) is 0 Å². The molecule has 2 aromatic rings. The van der Waals surface area contributed by atoms with Gasteiger partial charge >= 0.3 is 0 Å². The number of oxime groups is 1. The average Bonchev–Trinajstić information content (AvgIpc) is 2.95. The second-order valence-corrected chi connectivity index (χ2v) is 4.51. The second-order valence-electron chi connectivity index (χ2n) is 4.51. The summed E-state index contributed by atoms with van der Waals surface area (Å²) in [7, 11) is 1.67. The minimum atomic E-state index is -0.226. The van der Waals surface area contributed by atoms with E-state index in [4.69, 9.17) is 14.7 Å². The van der Waals surface area contributed by atoms with Crippen LogP contribution in [0.5, 0.6) is 5.75 Å². The van der Waals surface area contributed by atoms with Gasteiger partial charge in [-0.3, -0.25) is 0 Å². The fraction of sp³-hybridized carbons (Fsp3) is 0.267. The lowest BCUT2D eigenvalue weighted by molar-refractivity contribution is 0.0390. The molecule has 4 nitrogen and oxygen atoms in total. The first-order valence-corrected chi connectivity index (χ1v) is 6.23. The smallest absolute Gasteiger partial charge is 0.156 e. The van der Waals surface area contributed by atoms with Crippen LogP contribution in [0, 0.1) is 0 Å². The Bertz CT molecular complexity index is 636. The maximum absolute atomic E-state index is 9.11. The van der Waals surface area contributed by atoms with E-state index in [0.29, 0.717) is 6.42 Å². The highest BCUT2D eigenvalue weighted by molar-refractivity contribution is 6.12. The Morgan fingerprint density at radius 1 is 1.26 bits per heavy atom. The number of rotatable bonds is 3. The summed E-state index contributed by atoms with van der Waals surface area (Å²) < 4.78 is 5.38. The van der Waals surface area contributed by atoms with Crippen molar-refractivity contribution in [2.24, 2.45) is 5.16 Å². The molecule has 0 aromatic heterocycles. The molecule has 0 radical (unpaired) electrons. The summed E-state index contributed by atoms with van der Waals surface area (Å²) in [4.78, 5) is 5.18. The van der Waals surface area contributed by atoms with Gasteiger partial charge in [-0.05, 0) is 17.5 Å². The first-order chi connectivity index (χ1) is 9.33. The molecule has 1 heterocycles. The number of aliphatic hydroxyl groups excluding tert-OH is 1. The molecule has 2 aromatic carbocycles. The largest absolute Gasteiger partial charge is 0.496 e. The SMILES string of the molecule is COc1ccc(C2=NOC(CO)C2)c2ccccc12. The molecule has 0 spiro atoms. The summed E-state index contributed by atoms with van der Waals surface area (Å²) in [5, 5.41) is 15.3. The highest BCUT2D eigenvalue weighted by Crippen LogP contribution is 2.30. The summed E-state index contributed by atoms with van der Waals surface area (Å²) in [6.45, 7) is -0.0128. The summed E-state index contributed by atoms with van der Waals surface area (Å²) >= 11 is 0. The Morgan fingerprint density at radius 2 is 2.05 bits per heavy atom. The van der Waals surface area contributed by atoms with Crippen molar-refractivity contribution in [1.82, 2.24) is 0 Å². The van der Waals surface area contributed by atoms with Crippen molar-refractivity contribution in [2.75, 3.05) is 13.7 Å². The minimum absolute atomic E-state index is 0.0128. The third kappa shape index (κ3) is 2.04. The van der Waals surface area contributed by atoms with E-state index >= 15 is 0 Å². The van der Waals surface area contributed by atoms with Crippen molar-refractivity contribution in [3.05, 3.63) is 42.0 Å². The molecule has 1 unspecified atom stereocenters. The van der Waals surface area contributed by atoms with Gasteiger partial charge in [0, 0.05) is 17.4 Å². The fourth-order valence-electron chi connectivity index (χ4n) is 2.39. The lowest BCUT2D eigenvalue weighted by atomic mass is 9.97. The maximum Gasteiger partial charge on any atom is 0.156 e. The Balaban J connectivity index is 2.11. The Hall–Kier alpha value is -2.07. The molecule has 1 aliphatic rings. The zero-order valence-corrected chi connectivity index (χ0v) is 10.7. The van der Waals surface area contributed by atoms with E-state index in [2.05, 4.69) is 5.16 Å². The average molecular weight is 257 g/mol. The number of fused-ring (bicyclic) bond motifs is 1. The van der Waals surface area contributed by atoms with Crippen molar-refractivity contribution in [2.45, 2.75) is 12.5 Å². The molecule has 98 valence electrons. The van der Waals surface area contributed by atoms with E-state index in [9.17, 15) is 0 Å². The van der Waals surface area contributed by atoms with Gasteiger partial charge in [-0.2, -0.15) is 0 Å². The molecular formula is C15H15NO3. The van der Waals surface area contributed by atoms with Crippen molar-refractivity contribution in [3.8, 4) is 5.75 Å². The number of hydrogen-bond acceptors (Lipinski definition) is 4. The van der Waals surface area contributed by atoms with Crippen molar-refractivity contribution < 1.29 is 14.7 Å². The molecule has 19 heavy (non-hydrogen) atoms. The third-order valence-corrected chi connectivity index (χ3v) is 3.35. The van der Waals surface area contributed by atoms with Crippen LogP contribution < -0.4 is 4.74 Å². The van der Waals surface area contributed by atoms with E-state index in [0.717, 1.165) is 27.8 Å². The van der Waals surface area contributed by atoms with Gasteiger partial charge in [0.25, 0.3) is 0 Å². The maximum atomic E-state index is 9.11. The quantitative estimate of drug-likeness (QED) is 0.918. The fourth-order valence-corrected chi connectivity index (χ4v) is 2.39. The third-order valence-electron chi connectivity index (χ3n) is 3.35. The second kappa shape index (κ2) is 4.90. The molecule has 0 amide bonds. The summed E-state index contributed by atoms with van der Waals surface area (Å²) in [5.74, 6) is 0.845. The Labute approximate surface area is 111 Å².